The van der Waals surface area contributed by atoms with Crippen molar-refractivity contribution in [3.8, 4) is 0 Å². The molecule has 1 aromatic rings. The molecule has 2 heterocycles. The van der Waals surface area contributed by atoms with Gasteiger partial charge in [-0.25, -0.2) is 4.98 Å². The molecule has 3 nitrogen and oxygen atoms in total. The fourth-order valence-electron chi connectivity index (χ4n) is 1.84. The van der Waals surface area contributed by atoms with Crippen molar-refractivity contribution in [3.05, 3.63) is 16.1 Å². The van der Waals surface area contributed by atoms with Crippen LogP contribution in [0.3, 0.4) is 0 Å². The Morgan fingerprint density at radius 3 is 3.14 bits per heavy atom. The van der Waals surface area contributed by atoms with E-state index in [1.165, 1.54) is 25.2 Å². The highest BCUT2D eigenvalue weighted by Gasteiger charge is 2.18. The third kappa shape index (κ3) is 2.53. The van der Waals surface area contributed by atoms with Crippen molar-refractivity contribution in [1.82, 2.24) is 15.2 Å². The summed E-state index contributed by atoms with van der Waals surface area (Å²) < 4.78 is 0. The number of nitrogens with one attached hydrogen (secondary N) is 1. The third-order valence-electron chi connectivity index (χ3n) is 2.63. The van der Waals surface area contributed by atoms with Crippen LogP contribution in [0, 0.1) is 6.92 Å². The number of aryl methyl sites for hydroxylation is 1. The lowest BCUT2D eigenvalue weighted by atomic mass is 10.2. The van der Waals surface area contributed by atoms with Crippen LogP contribution in [0.25, 0.3) is 0 Å². The molecule has 1 aliphatic heterocycles. The summed E-state index contributed by atoms with van der Waals surface area (Å²) in [6, 6.07) is 0.655. The second-order valence-electron chi connectivity index (χ2n) is 3.99. The molecule has 1 aliphatic rings. The predicted molar refractivity (Wildman–Crippen MR) is 59.6 cm³/mol. The van der Waals surface area contributed by atoms with Crippen molar-refractivity contribution in [2.24, 2.45) is 0 Å². The number of rotatable bonds is 3. The summed E-state index contributed by atoms with van der Waals surface area (Å²) in [7, 11) is 2.18. The van der Waals surface area contributed by atoms with E-state index in [-0.39, 0.29) is 0 Å². The Morgan fingerprint density at radius 2 is 2.57 bits per heavy atom. The van der Waals surface area contributed by atoms with Gasteiger partial charge in [0.15, 0.2) is 0 Å². The Morgan fingerprint density at radius 1 is 1.71 bits per heavy atom. The van der Waals surface area contributed by atoms with Gasteiger partial charge in [0.05, 0.1) is 10.7 Å². The molecular formula is C10H17N3S. The lowest BCUT2D eigenvalue weighted by Crippen LogP contribution is -2.31. The van der Waals surface area contributed by atoms with Crippen LogP contribution in [0.15, 0.2) is 5.38 Å². The lowest BCUT2D eigenvalue weighted by Gasteiger charge is -2.11. The summed E-state index contributed by atoms with van der Waals surface area (Å²) in [6.45, 7) is 5.36. The number of thiazole rings is 1. The third-order valence-corrected chi connectivity index (χ3v) is 3.45. The average molecular weight is 211 g/mol. The summed E-state index contributed by atoms with van der Waals surface area (Å²) in [4.78, 5) is 6.80. The predicted octanol–water partition coefficient (Wildman–Crippen LogP) is 1.25. The van der Waals surface area contributed by atoms with Crippen LogP contribution >= 0.6 is 11.3 Å². The molecule has 14 heavy (non-hydrogen) atoms. The summed E-state index contributed by atoms with van der Waals surface area (Å²) in [5.74, 6) is 0. The summed E-state index contributed by atoms with van der Waals surface area (Å²) >= 11 is 1.73. The average Bonchev–Trinajstić information content (AvgIpc) is 2.72. The van der Waals surface area contributed by atoms with Crippen molar-refractivity contribution in [1.29, 1.82) is 0 Å². The van der Waals surface area contributed by atoms with Gasteiger partial charge in [0.1, 0.15) is 0 Å². The van der Waals surface area contributed by atoms with Crippen LogP contribution in [0.2, 0.25) is 0 Å². The molecule has 0 spiro atoms. The highest BCUT2D eigenvalue weighted by atomic mass is 32.1. The molecule has 0 aliphatic carbocycles. The van der Waals surface area contributed by atoms with E-state index in [1.807, 2.05) is 0 Å². The van der Waals surface area contributed by atoms with Gasteiger partial charge in [-0.3, -0.25) is 0 Å². The Balaban J connectivity index is 1.77. The molecule has 1 atom stereocenters. The van der Waals surface area contributed by atoms with Gasteiger partial charge in [-0.1, -0.05) is 0 Å². The SMILES string of the molecule is Cc1nc(CNC2CCN(C)C2)cs1. The minimum absolute atomic E-state index is 0.655. The highest BCUT2D eigenvalue weighted by molar-refractivity contribution is 7.09. The van der Waals surface area contributed by atoms with E-state index in [0.717, 1.165) is 11.6 Å². The van der Waals surface area contributed by atoms with E-state index in [0.29, 0.717) is 6.04 Å². The van der Waals surface area contributed by atoms with Crippen LogP contribution in [-0.2, 0) is 6.54 Å². The zero-order chi connectivity index (χ0) is 9.97. The van der Waals surface area contributed by atoms with E-state index >= 15 is 0 Å². The monoisotopic (exact) mass is 211 g/mol. The van der Waals surface area contributed by atoms with Crippen molar-refractivity contribution < 1.29 is 0 Å². The molecular weight excluding hydrogens is 194 g/mol. The van der Waals surface area contributed by atoms with Crippen LogP contribution in [0.5, 0.6) is 0 Å². The fraction of sp³-hybridized carbons (Fsp3) is 0.700. The zero-order valence-corrected chi connectivity index (χ0v) is 9.60. The number of likely N-dealkylation sites (N-methyl/N-ethyl adjacent to an activating group) is 1. The number of aromatic nitrogens is 1. The molecule has 0 radical (unpaired) electrons. The normalized spacial score (nSPS) is 23.1. The molecule has 1 aromatic heterocycles. The van der Waals surface area contributed by atoms with E-state index in [2.05, 4.69) is 34.6 Å². The van der Waals surface area contributed by atoms with Gasteiger partial charge in [0.2, 0.25) is 0 Å². The Bertz CT molecular complexity index is 297. The van der Waals surface area contributed by atoms with Gasteiger partial charge in [0.25, 0.3) is 0 Å². The Kier molecular flexibility index (Phi) is 3.15. The van der Waals surface area contributed by atoms with Gasteiger partial charge >= 0.3 is 0 Å². The number of hydrogen-bond donors (Lipinski definition) is 1. The lowest BCUT2D eigenvalue weighted by molar-refractivity contribution is 0.397. The van der Waals surface area contributed by atoms with Gasteiger partial charge in [-0.05, 0) is 26.9 Å². The molecule has 2 rings (SSSR count). The van der Waals surface area contributed by atoms with Crippen molar-refractivity contribution in [3.63, 3.8) is 0 Å². The number of nitrogens with zero attached hydrogens (tertiary/aromatic N) is 2. The van der Waals surface area contributed by atoms with Gasteiger partial charge in [0, 0.05) is 24.5 Å². The first kappa shape index (κ1) is 10.1. The maximum atomic E-state index is 4.43. The summed E-state index contributed by atoms with van der Waals surface area (Å²) in [5, 5.41) is 6.84. The van der Waals surface area contributed by atoms with Gasteiger partial charge in [-0.2, -0.15) is 0 Å². The van der Waals surface area contributed by atoms with Crippen LogP contribution < -0.4 is 5.32 Å². The zero-order valence-electron chi connectivity index (χ0n) is 8.79. The minimum Gasteiger partial charge on any atom is -0.307 e. The highest BCUT2D eigenvalue weighted by Crippen LogP contribution is 2.10. The first-order valence-corrected chi connectivity index (χ1v) is 5.95. The number of hydrogen-bond acceptors (Lipinski definition) is 4. The molecule has 0 aromatic carbocycles. The van der Waals surface area contributed by atoms with E-state index < -0.39 is 0 Å². The van der Waals surface area contributed by atoms with E-state index in [9.17, 15) is 0 Å². The maximum absolute atomic E-state index is 4.43. The summed E-state index contributed by atoms with van der Waals surface area (Å²) in [5.41, 5.74) is 1.18. The maximum Gasteiger partial charge on any atom is 0.0897 e. The first-order chi connectivity index (χ1) is 6.74. The standard InChI is InChI=1S/C10H17N3S/c1-8-12-10(7-14-8)5-11-9-3-4-13(2)6-9/h7,9,11H,3-6H2,1-2H3. The molecule has 1 unspecified atom stereocenters. The smallest absolute Gasteiger partial charge is 0.0897 e. The first-order valence-electron chi connectivity index (χ1n) is 5.07. The van der Waals surface area contributed by atoms with E-state index in [4.69, 9.17) is 0 Å². The van der Waals surface area contributed by atoms with Crippen LogP contribution in [0.1, 0.15) is 17.1 Å². The van der Waals surface area contributed by atoms with Gasteiger partial charge < -0.3 is 10.2 Å². The second-order valence-corrected chi connectivity index (χ2v) is 5.05. The van der Waals surface area contributed by atoms with Crippen molar-refractivity contribution >= 4 is 11.3 Å². The Hall–Kier alpha value is -0.450. The number of likely N-dealkylation sites (tertiary alicyclic amines) is 1. The summed E-state index contributed by atoms with van der Waals surface area (Å²) in [6.07, 6.45) is 1.26. The van der Waals surface area contributed by atoms with Crippen LogP contribution in [0.4, 0.5) is 0 Å². The topological polar surface area (TPSA) is 28.2 Å². The van der Waals surface area contributed by atoms with Gasteiger partial charge in [-0.15, -0.1) is 11.3 Å². The second kappa shape index (κ2) is 4.38. The fourth-order valence-corrected chi connectivity index (χ4v) is 2.45. The molecule has 1 N–H and O–H groups in total. The molecule has 1 saturated heterocycles. The molecule has 0 saturated carbocycles. The molecule has 78 valence electrons. The molecule has 0 bridgehead atoms. The molecule has 0 amide bonds. The van der Waals surface area contributed by atoms with Crippen molar-refractivity contribution in [2.75, 3.05) is 20.1 Å². The Labute approximate surface area is 89.1 Å². The quantitative estimate of drug-likeness (QED) is 0.815. The van der Waals surface area contributed by atoms with E-state index in [1.54, 1.807) is 11.3 Å². The largest absolute Gasteiger partial charge is 0.307 e. The van der Waals surface area contributed by atoms with Crippen molar-refractivity contribution in [2.45, 2.75) is 25.9 Å². The van der Waals surface area contributed by atoms with Crippen LogP contribution in [-0.4, -0.2) is 36.1 Å². The molecule has 4 heteroatoms. The molecule has 1 fully saturated rings. The minimum atomic E-state index is 0.655.